The number of halogens is 2. The number of likely N-dealkylation sites (N-methyl/N-ethyl adjacent to an activating group) is 1. The number of H-pyrrole nitrogens is 1. The van der Waals surface area contributed by atoms with E-state index in [0.29, 0.717) is 28.6 Å². The Hall–Kier alpha value is -2.80. The van der Waals surface area contributed by atoms with E-state index in [0.717, 1.165) is 5.56 Å². The second-order valence-corrected chi connectivity index (χ2v) is 8.30. The number of carbonyl (C=O) groups is 1. The number of rotatable bonds is 3. The zero-order valence-corrected chi connectivity index (χ0v) is 16.1. The second kappa shape index (κ2) is 6.67. The van der Waals surface area contributed by atoms with Gasteiger partial charge in [0, 0.05) is 6.54 Å². The highest BCUT2D eigenvalue weighted by Gasteiger charge is 2.44. The van der Waals surface area contributed by atoms with Gasteiger partial charge in [0.15, 0.2) is 5.82 Å². The van der Waals surface area contributed by atoms with Crippen LogP contribution in [0, 0.1) is 11.6 Å². The van der Waals surface area contributed by atoms with Crippen LogP contribution in [0.25, 0.3) is 11.0 Å². The summed E-state index contributed by atoms with van der Waals surface area (Å²) in [6, 6.07) is 10.9. The lowest BCUT2D eigenvalue weighted by atomic mass is 9.92. The fourth-order valence-corrected chi connectivity index (χ4v) is 4.01. The van der Waals surface area contributed by atoms with Crippen molar-refractivity contribution >= 4 is 16.9 Å². The molecule has 1 fully saturated rings. The van der Waals surface area contributed by atoms with Gasteiger partial charge in [-0.25, -0.2) is 13.8 Å². The molecule has 2 atom stereocenters. The normalized spacial score (nSPS) is 20.1. The lowest BCUT2D eigenvalue weighted by Gasteiger charge is -2.34. The molecule has 4 rings (SSSR count). The fraction of sp³-hybridized carbons (Fsp3) is 0.333. The van der Waals surface area contributed by atoms with Crippen LogP contribution in [0.5, 0.6) is 0 Å². The quantitative estimate of drug-likeness (QED) is 0.704. The number of hydrogen-bond donors (Lipinski definition) is 1. The third-order valence-electron chi connectivity index (χ3n) is 5.52. The molecule has 1 amide bonds. The fourth-order valence-electron chi connectivity index (χ4n) is 4.01. The molecular weight excluding hydrogens is 362 g/mol. The number of quaternary nitrogens is 1. The van der Waals surface area contributed by atoms with E-state index >= 15 is 0 Å². The van der Waals surface area contributed by atoms with E-state index in [9.17, 15) is 13.6 Å². The Morgan fingerprint density at radius 1 is 1.07 bits per heavy atom. The lowest BCUT2D eigenvalue weighted by molar-refractivity contribution is -0.895. The van der Waals surface area contributed by atoms with Gasteiger partial charge in [-0.15, -0.1) is 0 Å². The van der Waals surface area contributed by atoms with Gasteiger partial charge in [0.2, 0.25) is 0 Å². The van der Waals surface area contributed by atoms with Gasteiger partial charge in [-0.1, -0.05) is 12.1 Å². The van der Waals surface area contributed by atoms with Crippen LogP contribution in [0.1, 0.15) is 22.1 Å². The highest BCUT2D eigenvalue weighted by Crippen LogP contribution is 2.33. The maximum Gasteiger partial charge on any atom is 0.289 e. The van der Waals surface area contributed by atoms with E-state index < -0.39 is 0 Å². The summed E-state index contributed by atoms with van der Waals surface area (Å²) in [5.41, 5.74) is 2.07. The molecule has 2 heterocycles. The molecule has 2 unspecified atom stereocenters. The first kappa shape index (κ1) is 18.6. The predicted octanol–water partition coefficient (Wildman–Crippen LogP) is 3.16. The maximum atomic E-state index is 13.4. The Morgan fingerprint density at radius 2 is 1.75 bits per heavy atom. The maximum absolute atomic E-state index is 13.4. The van der Waals surface area contributed by atoms with E-state index in [2.05, 4.69) is 31.1 Å². The number of nitrogens with one attached hydrogen (secondary N) is 1. The summed E-state index contributed by atoms with van der Waals surface area (Å²) in [5, 5.41) is 0. The molecule has 1 N–H and O–H groups in total. The van der Waals surface area contributed by atoms with E-state index in [4.69, 9.17) is 0 Å². The Labute approximate surface area is 162 Å². The van der Waals surface area contributed by atoms with Crippen LogP contribution in [0.15, 0.2) is 42.5 Å². The molecule has 0 saturated carbocycles. The number of hydrogen-bond acceptors (Lipinski definition) is 2. The third-order valence-corrected chi connectivity index (χ3v) is 5.52. The minimum absolute atomic E-state index is 0.0892. The minimum Gasteiger partial charge on any atom is -0.334 e. The van der Waals surface area contributed by atoms with Crippen molar-refractivity contribution in [2.24, 2.45) is 0 Å². The first-order chi connectivity index (χ1) is 13.2. The molecule has 1 aliphatic rings. The molecule has 146 valence electrons. The van der Waals surface area contributed by atoms with Crippen LogP contribution in [-0.4, -0.2) is 65.5 Å². The molecule has 5 nitrogen and oxygen atoms in total. The van der Waals surface area contributed by atoms with Gasteiger partial charge >= 0.3 is 0 Å². The Bertz CT molecular complexity index is 1020. The molecule has 1 aromatic heterocycles. The largest absolute Gasteiger partial charge is 0.334 e. The number of imidazole rings is 1. The summed E-state index contributed by atoms with van der Waals surface area (Å²) in [6.45, 7) is 1.09. The molecule has 0 spiro atoms. The van der Waals surface area contributed by atoms with Crippen molar-refractivity contribution in [2.75, 3.05) is 34.2 Å². The first-order valence-electron chi connectivity index (χ1n) is 9.23. The van der Waals surface area contributed by atoms with E-state index in [-0.39, 0.29) is 35.3 Å². The van der Waals surface area contributed by atoms with Gasteiger partial charge in [-0.05, 0) is 35.9 Å². The van der Waals surface area contributed by atoms with Crippen molar-refractivity contribution in [1.29, 1.82) is 0 Å². The number of carbonyl (C=O) groups excluding carboxylic acids is 1. The highest BCUT2D eigenvalue weighted by atomic mass is 19.1. The molecular formula is C21H23F2N4O+. The summed E-state index contributed by atoms with van der Waals surface area (Å²) in [5.74, 6) is -0.560. The van der Waals surface area contributed by atoms with Gasteiger partial charge in [0.25, 0.3) is 5.91 Å². The third kappa shape index (κ3) is 3.38. The van der Waals surface area contributed by atoms with Crippen LogP contribution < -0.4 is 0 Å². The monoisotopic (exact) mass is 385 g/mol. The predicted molar refractivity (Wildman–Crippen MR) is 103 cm³/mol. The highest BCUT2D eigenvalue weighted by molar-refractivity contribution is 5.94. The molecule has 3 aromatic rings. The van der Waals surface area contributed by atoms with Gasteiger partial charge in [0.1, 0.15) is 17.7 Å². The van der Waals surface area contributed by atoms with Crippen molar-refractivity contribution in [3.8, 4) is 0 Å². The van der Waals surface area contributed by atoms with Crippen LogP contribution in [0.3, 0.4) is 0 Å². The van der Waals surface area contributed by atoms with Crippen LogP contribution in [0.4, 0.5) is 8.78 Å². The molecule has 2 aromatic carbocycles. The number of nitrogens with zero attached hydrogens (tertiary/aromatic N) is 3. The van der Waals surface area contributed by atoms with Gasteiger partial charge in [0.05, 0.1) is 44.6 Å². The van der Waals surface area contributed by atoms with Crippen molar-refractivity contribution in [1.82, 2.24) is 14.9 Å². The van der Waals surface area contributed by atoms with Crippen LogP contribution >= 0.6 is 0 Å². The number of aromatic amines is 1. The van der Waals surface area contributed by atoms with Crippen molar-refractivity contribution in [3.05, 3.63) is 65.5 Å². The SMILES string of the molecule is C[N+](C)(C)C1CN(C(=O)c2nc3ccc(F)cc3[nH]2)CC1c1ccc(F)cc1. The average Bonchev–Trinajstić information content (AvgIpc) is 3.25. The van der Waals surface area contributed by atoms with Crippen molar-refractivity contribution in [3.63, 3.8) is 0 Å². The summed E-state index contributed by atoms with van der Waals surface area (Å²) in [6.07, 6.45) is 0. The molecule has 28 heavy (non-hydrogen) atoms. The number of fused-ring (bicyclic) bond motifs is 1. The Balaban J connectivity index is 1.64. The number of amides is 1. The molecule has 1 aliphatic heterocycles. The summed E-state index contributed by atoms with van der Waals surface area (Å²) >= 11 is 0. The average molecular weight is 385 g/mol. The summed E-state index contributed by atoms with van der Waals surface area (Å²) in [4.78, 5) is 22.1. The lowest BCUT2D eigenvalue weighted by Crippen LogP contribution is -2.49. The van der Waals surface area contributed by atoms with E-state index in [1.165, 1.54) is 24.3 Å². The minimum atomic E-state index is -0.377. The number of aromatic nitrogens is 2. The second-order valence-electron chi connectivity index (χ2n) is 8.30. The van der Waals surface area contributed by atoms with E-state index in [1.807, 2.05) is 0 Å². The van der Waals surface area contributed by atoms with Gasteiger partial charge in [-0.2, -0.15) is 0 Å². The molecule has 0 aliphatic carbocycles. The first-order valence-corrected chi connectivity index (χ1v) is 9.23. The number of benzene rings is 2. The van der Waals surface area contributed by atoms with Gasteiger partial charge < -0.3 is 14.4 Å². The van der Waals surface area contributed by atoms with Crippen LogP contribution in [0.2, 0.25) is 0 Å². The molecule has 7 heteroatoms. The standard InChI is InChI=1S/C21H22F2N4O/c1-27(2,3)19-12-26(11-16(19)13-4-6-14(22)7-5-13)21(28)20-24-17-9-8-15(23)10-18(17)25-20/h4-10,16,19H,11-12H2,1-3H3/p+1. The van der Waals surface area contributed by atoms with Crippen LogP contribution in [-0.2, 0) is 0 Å². The molecule has 1 saturated heterocycles. The number of likely N-dealkylation sites (tertiary alicyclic amines) is 1. The Kier molecular flexibility index (Phi) is 4.42. The molecule has 0 radical (unpaired) electrons. The topological polar surface area (TPSA) is 49.0 Å². The zero-order chi connectivity index (χ0) is 20.1. The summed E-state index contributed by atoms with van der Waals surface area (Å²) in [7, 11) is 6.29. The zero-order valence-electron chi connectivity index (χ0n) is 16.1. The smallest absolute Gasteiger partial charge is 0.289 e. The van der Waals surface area contributed by atoms with Crippen molar-refractivity contribution in [2.45, 2.75) is 12.0 Å². The van der Waals surface area contributed by atoms with Gasteiger partial charge in [-0.3, -0.25) is 4.79 Å². The molecule has 0 bridgehead atoms. The Morgan fingerprint density at radius 3 is 2.43 bits per heavy atom. The van der Waals surface area contributed by atoms with Crippen molar-refractivity contribution < 1.29 is 18.1 Å². The van der Waals surface area contributed by atoms with E-state index in [1.54, 1.807) is 23.1 Å². The summed E-state index contributed by atoms with van der Waals surface area (Å²) < 4.78 is 27.5.